The van der Waals surface area contributed by atoms with Gasteiger partial charge < -0.3 is 14.6 Å². The summed E-state index contributed by atoms with van der Waals surface area (Å²) < 4.78 is 7.38. The van der Waals surface area contributed by atoms with E-state index < -0.39 is 0 Å². The maximum Gasteiger partial charge on any atom is 0.226 e. The van der Waals surface area contributed by atoms with Crippen LogP contribution in [0.25, 0.3) is 0 Å². The van der Waals surface area contributed by atoms with E-state index in [1.165, 1.54) is 5.56 Å². The van der Waals surface area contributed by atoms with Gasteiger partial charge in [0, 0.05) is 12.4 Å². The van der Waals surface area contributed by atoms with Crippen LogP contribution in [-0.2, 0) is 4.79 Å². The van der Waals surface area contributed by atoms with E-state index in [0.29, 0.717) is 17.9 Å². The van der Waals surface area contributed by atoms with Crippen molar-refractivity contribution in [3.05, 3.63) is 84.2 Å². The summed E-state index contributed by atoms with van der Waals surface area (Å²) in [5.41, 5.74) is 3.01. The van der Waals surface area contributed by atoms with Gasteiger partial charge in [-0.1, -0.05) is 36.4 Å². The lowest BCUT2D eigenvalue weighted by molar-refractivity contribution is -0.116. The van der Waals surface area contributed by atoms with Crippen LogP contribution in [0.5, 0.6) is 5.75 Å². The third-order valence-electron chi connectivity index (χ3n) is 4.29. The number of methoxy groups -OCH3 is 1. The Hall–Kier alpha value is -3.01. The minimum Gasteiger partial charge on any atom is -0.495 e. The number of nitrogens with one attached hydrogen (secondary N) is 1. The highest BCUT2D eigenvalue weighted by Crippen LogP contribution is 2.27. The highest BCUT2D eigenvalue weighted by molar-refractivity contribution is 5.92. The first-order valence-electron chi connectivity index (χ1n) is 8.30. The van der Waals surface area contributed by atoms with Crippen molar-refractivity contribution < 1.29 is 9.53 Å². The molecule has 0 saturated carbocycles. The number of benzene rings is 2. The van der Waals surface area contributed by atoms with E-state index in [-0.39, 0.29) is 11.9 Å². The van der Waals surface area contributed by atoms with Crippen LogP contribution in [0.2, 0.25) is 0 Å². The molecule has 0 unspecified atom stereocenters. The van der Waals surface area contributed by atoms with Gasteiger partial charge in [0.25, 0.3) is 0 Å². The number of para-hydroxylation sites is 2. The Morgan fingerprint density at radius 1 is 1.04 bits per heavy atom. The molecular formula is C21H22N2O2. The second-order valence-corrected chi connectivity index (χ2v) is 5.96. The third-order valence-corrected chi connectivity index (χ3v) is 4.29. The van der Waals surface area contributed by atoms with Gasteiger partial charge in [0.15, 0.2) is 0 Å². The predicted molar refractivity (Wildman–Crippen MR) is 100.0 cm³/mol. The first-order chi connectivity index (χ1) is 12.2. The molecule has 0 bridgehead atoms. The zero-order valence-corrected chi connectivity index (χ0v) is 14.5. The van der Waals surface area contributed by atoms with Gasteiger partial charge in [0.2, 0.25) is 5.91 Å². The van der Waals surface area contributed by atoms with E-state index in [1.54, 1.807) is 7.11 Å². The first kappa shape index (κ1) is 16.8. The fourth-order valence-electron chi connectivity index (χ4n) is 3.02. The number of amides is 1. The second-order valence-electron chi connectivity index (χ2n) is 5.96. The average molecular weight is 334 g/mol. The second kappa shape index (κ2) is 7.71. The zero-order chi connectivity index (χ0) is 17.6. The van der Waals surface area contributed by atoms with E-state index in [1.807, 2.05) is 60.9 Å². The van der Waals surface area contributed by atoms with E-state index in [4.69, 9.17) is 4.74 Å². The molecule has 3 rings (SSSR count). The molecule has 0 aliphatic carbocycles. The van der Waals surface area contributed by atoms with Gasteiger partial charge in [0.05, 0.1) is 25.3 Å². The fourth-order valence-corrected chi connectivity index (χ4v) is 3.02. The molecule has 0 radical (unpaired) electrons. The number of nitrogens with zero attached hydrogens (tertiary/aromatic N) is 1. The number of hydrogen-bond acceptors (Lipinski definition) is 2. The summed E-state index contributed by atoms with van der Waals surface area (Å²) in [5.74, 6) is 0.607. The Kier molecular flexibility index (Phi) is 5.19. The number of rotatable bonds is 6. The number of carbonyl (C=O) groups is 1. The number of ether oxygens (including phenoxy) is 1. The lowest BCUT2D eigenvalue weighted by Crippen LogP contribution is -2.20. The molecular weight excluding hydrogens is 312 g/mol. The highest BCUT2D eigenvalue weighted by atomic mass is 16.5. The van der Waals surface area contributed by atoms with Crippen LogP contribution >= 0.6 is 0 Å². The average Bonchev–Trinajstić information content (AvgIpc) is 3.15. The molecule has 1 aromatic heterocycles. The molecule has 1 N–H and O–H groups in total. The van der Waals surface area contributed by atoms with Crippen molar-refractivity contribution in [3.8, 4) is 5.75 Å². The summed E-state index contributed by atoms with van der Waals surface area (Å²) in [6.07, 6.45) is 4.33. The van der Waals surface area contributed by atoms with Crippen LogP contribution in [0.1, 0.15) is 23.6 Å². The Morgan fingerprint density at radius 2 is 1.72 bits per heavy atom. The molecule has 128 valence electrons. The Balaban J connectivity index is 1.84. The number of anilines is 1. The van der Waals surface area contributed by atoms with Crippen molar-refractivity contribution >= 4 is 11.6 Å². The number of hydrogen-bond donors (Lipinski definition) is 1. The smallest absolute Gasteiger partial charge is 0.226 e. The molecule has 0 aliphatic heterocycles. The van der Waals surface area contributed by atoms with Gasteiger partial charge in [-0.15, -0.1) is 0 Å². The molecule has 0 fully saturated rings. The Morgan fingerprint density at radius 3 is 2.44 bits per heavy atom. The normalized spacial score (nSPS) is 11.8. The predicted octanol–water partition coefficient (Wildman–Crippen LogP) is 4.42. The molecule has 1 heterocycles. The summed E-state index contributed by atoms with van der Waals surface area (Å²) in [5, 5.41) is 2.97. The van der Waals surface area contributed by atoms with Gasteiger partial charge >= 0.3 is 0 Å². The summed E-state index contributed by atoms with van der Waals surface area (Å²) in [4.78, 5) is 12.7. The molecule has 4 nitrogen and oxygen atoms in total. The molecule has 2 aromatic carbocycles. The molecule has 25 heavy (non-hydrogen) atoms. The van der Waals surface area contributed by atoms with Crippen molar-refractivity contribution in [2.45, 2.75) is 19.4 Å². The largest absolute Gasteiger partial charge is 0.495 e. The number of aromatic nitrogens is 1. The van der Waals surface area contributed by atoms with Crippen LogP contribution in [0.3, 0.4) is 0 Å². The molecule has 1 atom stereocenters. The molecule has 4 heteroatoms. The van der Waals surface area contributed by atoms with Crippen molar-refractivity contribution in [2.24, 2.45) is 0 Å². The van der Waals surface area contributed by atoms with Crippen LogP contribution in [0.15, 0.2) is 73.1 Å². The van der Waals surface area contributed by atoms with Crippen LogP contribution in [0.4, 0.5) is 5.69 Å². The van der Waals surface area contributed by atoms with E-state index in [2.05, 4.69) is 28.9 Å². The standard InChI is InChI=1S/C21H22N2O2/c1-16-9-3-4-10-17(16)19(23-13-7-8-14-23)15-21(24)22-18-11-5-6-12-20(18)25-2/h3-14,19H,15H2,1-2H3,(H,22,24)/t19-/m0/s1. The summed E-state index contributed by atoms with van der Waals surface area (Å²) >= 11 is 0. The molecule has 3 aromatic rings. The lowest BCUT2D eigenvalue weighted by Gasteiger charge is -2.21. The van der Waals surface area contributed by atoms with Crippen molar-refractivity contribution in [1.29, 1.82) is 0 Å². The van der Waals surface area contributed by atoms with Gasteiger partial charge in [-0.2, -0.15) is 0 Å². The third kappa shape index (κ3) is 3.91. The van der Waals surface area contributed by atoms with Gasteiger partial charge in [-0.05, 0) is 42.3 Å². The monoisotopic (exact) mass is 334 g/mol. The molecule has 0 saturated heterocycles. The van der Waals surface area contributed by atoms with Crippen LogP contribution in [-0.4, -0.2) is 17.6 Å². The van der Waals surface area contributed by atoms with Crippen molar-refractivity contribution in [2.75, 3.05) is 12.4 Å². The Bertz CT molecular complexity index is 841. The molecule has 0 aliphatic rings. The highest BCUT2D eigenvalue weighted by Gasteiger charge is 2.19. The Labute approximate surface area is 148 Å². The van der Waals surface area contributed by atoms with Crippen LogP contribution in [0, 0.1) is 6.92 Å². The summed E-state index contributed by atoms with van der Waals surface area (Å²) in [6, 6.07) is 19.5. The summed E-state index contributed by atoms with van der Waals surface area (Å²) in [7, 11) is 1.60. The summed E-state index contributed by atoms with van der Waals surface area (Å²) in [6.45, 7) is 2.07. The van der Waals surface area contributed by atoms with Gasteiger partial charge in [0.1, 0.15) is 5.75 Å². The first-order valence-corrected chi connectivity index (χ1v) is 8.30. The van der Waals surface area contributed by atoms with Gasteiger partial charge in [-0.3, -0.25) is 4.79 Å². The maximum absolute atomic E-state index is 12.7. The van der Waals surface area contributed by atoms with E-state index in [9.17, 15) is 4.79 Å². The lowest BCUT2D eigenvalue weighted by atomic mass is 9.98. The van der Waals surface area contributed by atoms with Gasteiger partial charge in [-0.25, -0.2) is 0 Å². The van der Waals surface area contributed by atoms with Crippen molar-refractivity contribution in [3.63, 3.8) is 0 Å². The zero-order valence-electron chi connectivity index (χ0n) is 14.5. The maximum atomic E-state index is 12.7. The number of aryl methyl sites for hydroxylation is 1. The molecule has 1 amide bonds. The van der Waals surface area contributed by atoms with E-state index >= 15 is 0 Å². The van der Waals surface area contributed by atoms with Crippen molar-refractivity contribution in [1.82, 2.24) is 4.57 Å². The quantitative estimate of drug-likeness (QED) is 0.725. The SMILES string of the molecule is COc1ccccc1NC(=O)C[C@@H](c1ccccc1C)n1cccc1. The minimum atomic E-state index is -0.0501. The van der Waals surface area contributed by atoms with Crippen LogP contribution < -0.4 is 10.1 Å². The topological polar surface area (TPSA) is 43.3 Å². The number of carbonyl (C=O) groups excluding carboxylic acids is 1. The fraction of sp³-hybridized carbons (Fsp3) is 0.190. The minimum absolute atomic E-state index is 0.0496. The molecule has 0 spiro atoms. The van der Waals surface area contributed by atoms with E-state index in [0.717, 1.165) is 5.56 Å².